The second-order valence-electron chi connectivity index (χ2n) is 3.62. The second-order valence-corrected chi connectivity index (χ2v) is 3.62. The Bertz CT molecular complexity index is 326. The van der Waals surface area contributed by atoms with E-state index in [9.17, 15) is 4.79 Å². The number of nitrogens with one attached hydrogen (secondary N) is 1. The average molecular weight is 197 g/mol. The fourth-order valence-electron chi connectivity index (χ4n) is 1.68. The van der Waals surface area contributed by atoms with Crippen LogP contribution in [0, 0.1) is 0 Å². The lowest BCUT2D eigenvalue weighted by molar-refractivity contribution is 0.404. The monoisotopic (exact) mass is 197 g/mol. The zero-order chi connectivity index (χ0) is 10.6. The van der Waals surface area contributed by atoms with E-state index in [1.54, 1.807) is 4.68 Å². The number of unbranched alkanes of at least 4 members (excludes halogenated alkanes) is 1. The number of hydrogen-bond donors (Lipinski definition) is 2. The van der Waals surface area contributed by atoms with Gasteiger partial charge >= 0.3 is 0 Å². The van der Waals surface area contributed by atoms with Crippen LogP contribution in [0.25, 0.3) is 0 Å². The number of rotatable bonds is 5. The third-order valence-electron chi connectivity index (χ3n) is 2.52. The molecular formula is C10H19N3O. The van der Waals surface area contributed by atoms with Gasteiger partial charge in [-0.15, -0.1) is 0 Å². The Morgan fingerprint density at radius 3 is 2.71 bits per heavy atom. The lowest BCUT2D eigenvalue weighted by Gasteiger charge is -2.17. The van der Waals surface area contributed by atoms with E-state index in [2.05, 4.69) is 18.9 Å². The SMILES string of the molecule is CCCC[C@H](CC)n1[nH]c(=O)cc1N. The van der Waals surface area contributed by atoms with E-state index < -0.39 is 0 Å². The van der Waals surface area contributed by atoms with Gasteiger partial charge in [-0.25, -0.2) is 0 Å². The van der Waals surface area contributed by atoms with Crippen molar-refractivity contribution in [2.75, 3.05) is 5.73 Å². The number of nitrogen functional groups attached to an aromatic ring is 1. The van der Waals surface area contributed by atoms with Crippen molar-refractivity contribution in [1.29, 1.82) is 0 Å². The maximum Gasteiger partial charge on any atom is 0.266 e. The molecule has 1 atom stereocenters. The van der Waals surface area contributed by atoms with Gasteiger partial charge in [-0.05, 0) is 12.8 Å². The number of nitrogens with two attached hydrogens (primary N) is 1. The predicted molar refractivity (Wildman–Crippen MR) is 58.3 cm³/mol. The van der Waals surface area contributed by atoms with Crippen molar-refractivity contribution in [2.45, 2.75) is 45.6 Å². The Hall–Kier alpha value is -1.19. The van der Waals surface area contributed by atoms with Crippen molar-refractivity contribution < 1.29 is 0 Å². The smallest absolute Gasteiger partial charge is 0.266 e. The molecule has 0 unspecified atom stereocenters. The van der Waals surface area contributed by atoms with Crippen molar-refractivity contribution >= 4 is 5.82 Å². The van der Waals surface area contributed by atoms with Gasteiger partial charge in [0.05, 0.1) is 6.04 Å². The zero-order valence-electron chi connectivity index (χ0n) is 8.92. The molecule has 0 fully saturated rings. The predicted octanol–water partition coefficient (Wildman–Crippen LogP) is 1.90. The van der Waals surface area contributed by atoms with Gasteiger partial charge in [-0.3, -0.25) is 14.6 Å². The maximum absolute atomic E-state index is 11.0. The van der Waals surface area contributed by atoms with Gasteiger partial charge in [0.1, 0.15) is 5.82 Å². The molecular weight excluding hydrogens is 178 g/mol. The Kier molecular flexibility index (Phi) is 3.80. The molecule has 0 spiro atoms. The fourth-order valence-corrected chi connectivity index (χ4v) is 1.68. The molecule has 0 amide bonds. The summed E-state index contributed by atoms with van der Waals surface area (Å²) >= 11 is 0. The number of aromatic amines is 1. The molecule has 14 heavy (non-hydrogen) atoms. The van der Waals surface area contributed by atoms with Crippen molar-refractivity contribution in [3.8, 4) is 0 Å². The molecule has 1 heterocycles. The van der Waals surface area contributed by atoms with E-state index in [4.69, 9.17) is 5.73 Å². The summed E-state index contributed by atoms with van der Waals surface area (Å²) in [6.07, 6.45) is 4.40. The molecule has 0 saturated heterocycles. The van der Waals surface area contributed by atoms with Crippen molar-refractivity contribution in [1.82, 2.24) is 9.78 Å². The van der Waals surface area contributed by atoms with Crippen molar-refractivity contribution in [2.24, 2.45) is 0 Å². The lowest BCUT2D eigenvalue weighted by atomic mass is 10.1. The van der Waals surface area contributed by atoms with Gasteiger partial charge in [0.2, 0.25) is 0 Å². The largest absolute Gasteiger partial charge is 0.384 e. The summed E-state index contributed by atoms with van der Waals surface area (Å²) in [6, 6.07) is 1.77. The summed E-state index contributed by atoms with van der Waals surface area (Å²) in [5.74, 6) is 0.540. The van der Waals surface area contributed by atoms with Crippen LogP contribution in [-0.4, -0.2) is 9.78 Å². The molecule has 3 N–H and O–H groups in total. The quantitative estimate of drug-likeness (QED) is 0.757. The first-order chi connectivity index (χ1) is 6.69. The topological polar surface area (TPSA) is 63.8 Å². The molecule has 1 aromatic rings. The molecule has 4 heteroatoms. The van der Waals surface area contributed by atoms with Gasteiger partial charge in [-0.1, -0.05) is 26.7 Å². The summed E-state index contributed by atoms with van der Waals surface area (Å²) in [5.41, 5.74) is 5.61. The van der Waals surface area contributed by atoms with E-state index in [-0.39, 0.29) is 5.56 Å². The normalized spacial score (nSPS) is 13.0. The lowest BCUT2D eigenvalue weighted by Crippen LogP contribution is -2.14. The number of anilines is 1. The number of aromatic nitrogens is 2. The van der Waals surface area contributed by atoms with Crippen molar-refractivity contribution in [3.63, 3.8) is 0 Å². The minimum Gasteiger partial charge on any atom is -0.384 e. The molecule has 0 bridgehead atoms. The number of nitrogens with zero attached hydrogens (tertiary/aromatic N) is 1. The first-order valence-electron chi connectivity index (χ1n) is 5.26. The molecule has 0 saturated carbocycles. The standard InChI is InChI=1S/C10H19N3O/c1-3-5-6-8(4-2)13-9(11)7-10(14)12-13/h7-8H,3-6,11H2,1-2H3,(H,12,14)/t8-/m0/s1. The van der Waals surface area contributed by atoms with Gasteiger partial charge in [0.15, 0.2) is 0 Å². The molecule has 1 rings (SSSR count). The van der Waals surface area contributed by atoms with E-state index >= 15 is 0 Å². The number of H-pyrrole nitrogens is 1. The van der Waals surface area contributed by atoms with Crippen LogP contribution in [0.2, 0.25) is 0 Å². The molecule has 1 aromatic heterocycles. The minimum atomic E-state index is -0.113. The highest BCUT2D eigenvalue weighted by molar-refractivity contribution is 5.26. The molecule has 0 aliphatic rings. The Morgan fingerprint density at radius 2 is 2.29 bits per heavy atom. The first kappa shape index (κ1) is 10.9. The summed E-state index contributed by atoms with van der Waals surface area (Å²) in [4.78, 5) is 11.0. The van der Waals surface area contributed by atoms with E-state index in [0.717, 1.165) is 19.3 Å². The second kappa shape index (κ2) is 4.88. The molecule has 0 aliphatic carbocycles. The number of hydrogen-bond acceptors (Lipinski definition) is 2. The molecule has 0 aliphatic heterocycles. The highest BCUT2D eigenvalue weighted by Gasteiger charge is 2.11. The minimum absolute atomic E-state index is 0.113. The Balaban J connectivity index is 2.77. The third kappa shape index (κ3) is 2.40. The average Bonchev–Trinajstić information content (AvgIpc) is 2.47. The van der Waals surface area contributed by atoms with Gasteiger partial charge < -0.3 is 5.73 Å². The van der Waals surface area contributed by atoms with Gasteiger partial charge in [0.25, 0.3) is 5.56 Å². The van der Waals surface area contributed by atoms with Crippen LogP contribution in [0.5, 0.6) is 0 Å². The summed E-state index contributed by atoms with van der Waals surface area (Å²) in [5, 5.41) is 2.74. The Labute approximate surface area is 84.1 Å². The maximum atomic E-state index is 11.0. The van der Waals surface area contributed by atoms with E-state index in [1.165, 1.54) is 12.5 Å². The summed E-state index contributed by atoms with van der Waals surface area (Å²) in [7, 11) is 0. The van der Waals surface area contributed by atoms with Crippen LogP contribution in [0.3, 0.4) is 0 Å². The third-order valence-corrected chi connectivity index (χ3v) is 2.52. The highest BCUT2D eigenvalue weighted by Crippen LogP contribution is 2.19. The highest BCUT2D eigenvalue weighted by atomic mass is 16.1. The van der Waals surface area contributed by atoms with Crippen LogP contribution < -0.4 is 11.3 Å². The molecule has 80 valence electrons. The van der Waals surface area contributed by atoms with Crippen LogP contribution in [0.1, 0.15) is 45.6 Å². The van der Waals surface area contributed by atoms with Gasteiger partial charge in [-0.2, -0.15) is 0 Å². The van der Waals surface area contributed by atoms with E-state index in [1.807, 2.05) is 0 Å². The van der Waals surface area contributed by atoms with Crippen LogP contribution in [-0.2, 0) is 0 Å². The van der Waals surface area contributed by atoms with Crippen molar-refractivity contribution in [3.05, 3.63) is 16.4 Å². The molecule has 0 radical (unpaired) electrons. The molecule has 0 aromatic carbocycles. The zero-order valence-corrected chi connectivity index (χ0v) is 8.92. The van der Waals surface area contributed by atoms with Gasteiger partial charge in [0, 0.05) is 6.07 Å². The van der Waals surface area contributed by atoms with Crippen LogP contribution in [0.15, 0.2) is 10.9 Å². The summed E-state index contributed by atoms with van der Waals surface area (Å²) < 4.78 is 1.79. The molecule has 4 nitrogen and oxygen atoms in total. The first-order valence-corrected chi connectivity index (χ1v) is 5.26. The summed E-state index contributed by atoms with van der Waals surface area (Å²) in [6.45, 7) is 4.27. The Morgan fingerprint density at radius 1 is 1.57 bits per heavy atom. The van der Waals surface area contributed by atoms with E-state index in [0.29, 0.717) is 11.9 Å². The fraction of sp³-hybridized carbons (Fsp3) is 0.700. The van der Waals surface area contributed by atoms with Crippen LogP contribution in [0.4, 0.5) is 5.82 Å². The van der Waals surface area contributed by atoms with Crippen LogP contribution >= 0.6 is 0 Å².